The molecule has 0 aromatic heterocycles. The average Bonchev–Trinajstić information content (AvgIpc) is 1.82. The molecule has 0 radical (unpaired) electrons. The van der Waals surface area contributed by atoms with Crippen molar-refractivity contribution in [2.45, 2.75) is 20.8 Å². The topological polar surface area (TPSA) is 9.23 Å². The summed E-state index contributed by atoms with van der Waals surface area (Å²) in [6.07, 6.45) is 1.75. The average molecular weight is 193 g/mol. The number of hydrogen-bond acceptors (Lipinski definition) is 1. The lowest BCUT2D eigenvalue weighted by Crippen LogP contribution is -1.87. The van der Waals surface area contributed by atoms with Crippen molar-refractivity contribution < 1.29 is 4.74 Å². The maximum atomic E-state index is 5.05. The van der Waals surface area contributed by atoms with Crippen LogP contribution in [0.1, 0.15) is 20.8 Å². The first kappa shape index (κ1) is 9.02. The van der Waals surface area contributed by atoms with Gasteiger partial charge in [-0.1, -0.05) is 29.8 Å². The van der Waals surface area contributed by atoms with Gasteiger partial charge < -0.3 is 4.74 Å². The second kappa shape index (κ2) is 4.86. The molecule has 0 spiro atoms. The summed E-state index contributed by atoms with van der Waals surface area (Å²) in [5.41, 5.74) is 0. The highest BCUT2D eigenvalue weighted by Crippen LogP contribution is 2.15. The lowest BCUT2D eigenvalue weighted by Gasteiger charge is -2.01. The normalized spacial score (nSPS) is 12.3. The molecular weight excluding hydrogens is 180 g/mol. The highest BCUT2D eigenvalue weighted by Gasteiger charge is 1.96. The van der Waals surface area contributed by atoms with Gasteiger partial charge in [0.05, 0.1) is 12.9 Å². The van der Waals surface area contributed by atoms with Crippen LogP contribution >= 0.6 is 15.9 Å². The fourth-order valence-corrected chi connectivity index (χ4v) is 0.431. The van der Waals surface area contributed by atoms with E-state index in [1.54, 1.807) is 6.26 Å². The van der Waals surface area contributed by atoms with Gasteiger partial charge in [-0.15, -0.1) is 0 Å². The molecule has 0 atom stereocenters. The predicted octanol–water partition coefficient (Wildman–Crippen LogP) is 2.92. The number of halogens is 1. The van der Waals surface area contributed by atoms with E-state index in [0.717, 1.165) is 11.1 Å². The molecule has 0 N–H and O–H groups in total. The number of rotatable bonds is 3. The highest BCUT2D eigenvalue weighted by molar-refractivity contribution is 9.11. The van der Waals surface area contributed by atoms with Crippen LogP contribution in [0.4, 0.5) is 0 Å². The molecule has 9 heavy (non-hydrogen) atoms. The number of allylic oxidation sites excluding steroid dienone is 1. The van der Waals surface area contributed by atoms with E-state index < -0.39 is 0 Å². The molecule has 0 bridgehead atoms. The van der Waals surface area contributed by atoms with Crippen LogP contribution in [-0.4, -0.2) is 6.61 Å². The Kier molecular flexibility index (Phi) is 4.87. The first-order valence-corrected chi connectivity index (χ1v) is 3.95. The number of ether oxygens (including phenoxy) is 1. The zero-order chi connectivity index (χ0) is 7.28. The second-order valence-corrected chi connectivity index (χ2v) is 3.03. The largest absolute Gasteiger partial charge is 0.501 e. The van der Waals surface area contributed by atoms with Gasteiger partial charge in [-0.05, 0) is 12.8 Å². The quantitative estimate of drug-likeness (QED) is 0.626. The summed E-state index contributed by atoms with van der Waals surface area (Å²) in [5.74, 6) is 0.525. The zero-order valence-corrected chi connectivity index (χ0v) is 7.73. The molecule has 0 fully saturated rings. The van der Waals surface area contributed by atoms with Crippen molar-refractivity contribution in [3.8, 4) is 0 Å². The Balaban J connectivity index is 3.55. The van der Waals surface area contributed by atoms with Crippen molar-refractivity contribution in [2.75, 3.05) is 6.61 Å². The lowest BCUT2D eigenvalue weighted by atomic mass is 10.2. The van der Waals surface area contributed by atoms with Gasteiger partial charge in [-0.3, -0.25) is 0 Å². The first-order valence-electron chi connectivity index (χ1n) is 3.15. The second-order valence-electron chi connectivity index (χ2n) is 2.11. The first-order chi connectivity index (χ1) is 4.18. The summed E-state index contributed by atoms with van der Waals surface area (Å²) in [7, 11) is 0. The maximum Gasteiger partial charge on any atom is 0.0932 e. The minimum Gasteiger partial charge on any atom is -0.501 e. The van der Waals surface area contributed by atoms with Crippen molar-refractivity contribution in [3.05, 3.63) is 10.7 Å². The molecule has 0 saturated heterocycles. The van der Waals surface area contributed by atoms with Crippen molar-refractivity contribution in [2.24, 2.45) is 5.92 Å². The van der Waals surface area contributed by atoms with Gasteiger partial charge in [-0.25, -0.2) is 0 Å². The van der Waals surface area contributed by atoms with Gasteiger partial charge in [0, 0.05) is 4.48 Å². The SMILES string of the molecule is CCO/C=C(\Br)C(C)C. The van der Waals surface area contributed by atoms with E-state index in [-0.39, 0.29) is 0 Å². The minimum absolute atomic E-state index is 0.525. The zero-order valence-electron chi connectivity index (χ0n) is 6.15. The fourth-order valence-electron chi connectivity index (χ4n) is 0.299. The van der Waals surface area contributed by atoms with E-state index in [2.05, 4.69) is 29.8 Å². The van der Waals surface area contributed by atoms with Crippen molar-refractivity contribution in [1.82, 2.24) is 0 Å². The summed E-state index contributed by atoms with van der Waals surface area (Å²) in [4.78, 5) is 0. The lowest BCUT2D eigenvalue weighted by molar-refractivity contribution is 0.266. The molecule has 0 amide bonds. The van der Waals surface area contributed by atoms with Gasteiger partial charge >= 0.3 is 0 Å². The van der Waals surface area contributed by atoms with Crippen LogP contribution in [0.15, 0.2) is 10.7 Å². The summed E-state index contributed by atoms with van der Waals surface area (Å²) in [5, 5.41) is 0. The standard InChI is InChI=1S/C7H13BrO/c1-4-9-5-7(8)6(2)3/h5-6H,4H2,1-3H3/b7-5-. The Morgan fingerprint density at radius 3 is 2.56 bits per heavy atom. The predicted molar refractivity (Wildman–Crippen MR) is 43.5 cm³/mol. The van der Waals surface area contributed by atoms with Gasteiger partial charge in [-0.2, -0.15) is 0 Å². The van der Waals surface area contributed by atoms with Crippen LogP contribution in [0, 0.1) is 5.92 Å². The molecule has 2 heteroatoms. The van der Waals surface area contributed by atoms with Crippen LogP contribution in [0.5, 0.6) is 0 Å². The van der Waals surface area contributed by atoms with E-state index >= 15 is 0 Å². The molecule has 1 nitrogen and oxygen atoms in total. The molecule has 0 unspecified atom stereocenters. The fraction of sp³-hybridized carbons (Fsp3) is 0.714. The molecule has 54 valence electrons. The third kappa shape index (κ3) is 4.52. The van der Waals surface area contributed by atoms with E-state index in [4.69, 9.17) is 4.74 Å². The van der Waals surface area contributed by atoms with Crippen LogP contribution in [0.25, 0.3) is 0 Å². The molecule has 0 rings (SSSR count). The summed E-state index contributed by atoms with van der Waals surface area (Å²) in [6.45, 7) is 6.93. The van der Waals surface area contributed by atoms with Crippen LogP contribution in [-0.2, 0) is 4.74 Å². The van der Waals surface area contributed by atoms with E-state index in [9.17, 15) is 0 Å². The van der Waals surface area contributed by atoms with Crippen molar-refractivity contribution >= 4 is 15.9 Å². The Morgan fingerprint density at radius 2 is 2.22 bits per heavy atom. The summed E-state index contributed by atoms with van der Waals surface area (Å²) in [6, 6.07) is 0. The van der Waals surface area contributed by atoms with Crippen molar-refractivity contribution in [3.63, 3.8) is 0 Å². The van der Waals surface area contributed by atoms with Crippen LogP contribution in [0.3, 0.4) is 0 Å². The molecule has 0 heterocycles. The van der Waals surface area contributed by atoms with E-state index in [0.29, 0.717) is 5.92 Å². The third-order valence-electron chi connectivity index (χ3n) is 0.914. The summed E-state index contributed by atoms with van der Waals surface area (Å²) < 4.78 is 6.16. The molecule has 0 aliphatic rings. The van der Waals surface area contributed by atoms with Gasteiger partial charge in [0.25, 0.3) is 0 Å². The van der Waals surface area contributed by atoms with Crippen LogP contribution < -0.4 is 0 Å². The Bertz CT molecular complexity index is 97.1. The van der Waals surface area contributed by atoms with E-state index in [1.807, 2.05) is 6.92 Å². The van der Waals surface area contributed by atoms with Crippen molar-refractivity contribution in [1.29, 1.82) is 0 Å². The summed E-state index contributed by atoms with van der Waals surface area (Å²) >= 11 is 3.38. The molecular formula is C7H13BrO. The highest BCUT2D eigenvalue weighted by atomic mass is 79.9. The van der Waals surface area contributed by atoms with Gasteiger partial charge in [0.1, 0.15) is 0 Å². The Hall–Kier alpha value is 0.0200. The maximum absolute atomic E-state index is 5.05. The van der Waals surface area contributed by atoms with Gasteiger partial charge in [0.15, 0.2) is 0 Å². The molecule has 0 aromatic carbocycles. The molecule has 0 aromatic rings. The third-order valence-corrected chi connectivity index (χ3v) is 2.02. The molecule has 0 aliphatic heterocycles. The van der Waals surface area contributed by atoms with Crippen LogP contribution in [0.2, 0.25) is 0 Å². The minimum atomic E-state index is 0.525. The smallest absolute Gasteiger partial charge is 0.0932 e. The van der Waals surface area contributed by atoms with Gasteiger partial charge in [0.2, 0.25) is 0 Å². The molecule has 0 aliphatic carbocycles. The monoisotopic (exact) mass is 192 g/mol. The Labute approximate surface area is 65.2 Å². The van der Waals surface area contributed by atoms with E-state index in [1.165, 1.54) is 0 Å². The Morgan fingerprint density at radius 1 is 1.67 bits per heavy atom. The molecule has 0 saturated carbocycles. The number of hydrogen-bond donors (Lipinski definition) is 0.